The van der Waals surface area contributed by atoms with Gasteiger partial charge in [0.2, 0.25) is 0 Å². The molecule has 0 saturated heterocycles. The molecule has 2 heteroatoms. The summed E-state index contributed by atoms with van der Waals surface area (Å²) in [6.45, 7) is 0. The normalized spacial score (nSPS) is 12.7. The van der Waals surface area contributed by atoms with Crippen molar-refractivity contribution in [2.24, 2.45) is 0 Å². The van der Waals surface area contributed by atoms with Gasteiger partial charge in [-0.05, 0) is 115 Å². The molecule has 0 saturated carbocycles. The first-order valence-electron chi connectivity index (χ1n) is 21.0. The van der Waals surface area contributed by atoms with E-state index in [2.05, 4.69) is 229 Å². The number of rotatable bonds is 7. The molecule has 0 radical (unpaired) electrons. The Balaban J connectivity index is 1.11. The molecule has 0 N–H and O–H groups in total. The van der Waals surface area contributed by atoms with Gasteiger partial charge in [0.1, 0.15) is 11.2 Å². The Kier molecular flexibility index (Phi) is 8.11. The average Bonchev–Trinajstić information content (AvgIpc) is 3.85. The zero-order valence-electron chi connectivity index (χ0n) is 33.4. The first kappa shape index (κ1) is 35.0. The maximum atomic E-state index is 6.29. The minimum Gasteiger partial charge on any atom is -0.456 e. The maximum Gasteiger partial charge on any atom is 0.135 e. The quantitative estimate of drug-likeness (QED) is 0.160. The zero-order valence-corrected chi connectivity index (χ0v) is 33.4. The molecule has 12 rings (SSSR count). The van der Waals surface area contributed by atoms with Crippen LogP contribution >= 0.6 is 0 Å². The van der Waals surface area contributed by atoms with Crippen molar-refractivity contribution in [2.45, 2.75) is 5.41 Å². The van der Waals surface area contributed by atoms with E-state index in [1.807, 2.05) is 12.1 Å². The van der Waals surface area contributed by atoms with Crippen LogP contribution in [0.1, 0.15) is 22.3 Å². The van der Waals surface area contributed by atoms with E-state index in [0.29, 0.717) is 0 Å². The minimum absolute atomic E-state index is 0.532. The molecule has 0 unspecified atom stereocenters. The summed E-state index contributed by atoms with van der Waals surface area (Å²) in [7, 11) is 0. The van der Waals surface area contributed by atoms with Gasteiger partial charge in [-0.15, -0.1) is 0 Å². The van der Waals surface area contributed by atoms with Crippen molar-refractivity contribution >= 4 is 49.8 Å². The summed E-state index contributed by atoms with van der Waals surface area (Å²) in [6, 6.07) is 86.3. The molecule has 0 fully saturated rings. The molecule has 2 nitrogen and oxygen atoms in total. The fraction of sp³-hybridized carbons (Fsp3) is 0.0169. The van der Waals surface area contributed by atoms with Gasteiger partial charge in [-0.25, -0.2) is 0 Å². The second-order valence-corrected chi connectivity index (χ2v) is 16.0. The first-order valence-corrected chi connectivity index (χ1v) is 21.0. The Morgan fingerprint density at radius 3 is 1.79 bits per heavy atom. The number of hydrogen-bond acceptors (Lipinski definition) is 2. The highest BCUT2D eigenvalue weighted by molar-refractivity contribution is 6.07. The van der Waals surface area contributed by atoms with Crippen LogP contribution in [0.2, 0.25) is 0 Å². The molecular weight excluding hydrogens is 739 g/mol. The third-order valence-corrected chi connectivity index (χ3v) is 12.7. The molecule has 0 amide bonds. The molecule has 0 spiro atoms. The topological polar surface area (TPSA) is 16.4 Å². The molecule has 11 aromatic rings. The highest BCUT2D eigenvalue weighted by atomic mass is 16.3. The van der Waals surface area contributed by atoms with Gasteiger partial charge in [0.15, 0.2) is 0 Å². The summed E-state index contributed by atoms with van der Waals surface area (Å²) < 4.78 is 6.29. The first-order chi connectivity index (χ1) is 30.2. The van der Waals surface area contributed by atoms with Gasteiger partial charge in [0.05, 0.1) is 11.1 Å². The van der Waals surface area contributed by atoms with Crippen LogP contribution in [-0.4, -0.2) is 0 Å². The average molecular weight is 778 g/mol. The van der Waals surface area contributed by atoms with Crippen LogP contribution in [0.5, 0.6) is 0 Å². The molecular formula is C59H39NO. The summed E-state index contributed by atoms with van der Waals surface area (Å²) in [5, 5.41) is 4.69. The number of furan rings is 1. The Morgan fingerprint density at radius 1 is 0.328 bits per heavy atom. The number of hydrogen-bond donors (Lipinski definition) is 0. The van der Waals surface area contributed by atoms with Gasteiger partial charge in [0, 0.05) is 27.7 Å². The van der Waals surface area contributed by atoms with E-state index >= 15 is 0 Å². The molecule has 10 aromatic carbocycles. The number of anilines is 3. The largest absolute Gasteiger partial charge is 0.456 e. The Bertz CT molecular complexity index is 3400. The van der Waals surface area contributed by atoms with Crippen molar-refractivity contribution in [1.29, 1.82) is 0 Å². The Hall–Kier alpha value is -7.94. The van der Waals surface area contributed by atoms with Crippen molar-refractivity contribution in [3.63, 3.8) is 0 Å². The van der Waals surface area contributed by atoms with Crippen LogP contribution in [0.4, 0.5) is 17.1 Å². The third kappa shape index (κ3) is 5.57. The lowest BCUT2D eigenvalue weighted by Crippen LogP contribution is -2.28. The van der Waals surface area contributed by atoms with E-state index in [-0.39, 0.29) is 0 Å². The lowest BCUT2D eigenvalue weighted by Gasteiger charge is -2.35. The highest BCUT2D eigenvalue weighted by Crippen LogP contribution is 2.57. The predicted octanol–water partition coefficient (Wildman–Crippen LogP) is 15.9. The number of nitrogens with zero attached hydrogens (tertiary/aromatic N) is 1. The third-order valence-electron chi connectivity index (χ3n) is 12.7. The van der Waals surface area contributed by atoms with Gasteiger partial charge in [-0.2, -0.15) is 0 Å². The fourth-order valence-electron chi connectivity index (χ4n) is 10.00. The molecule has 1 aliphatic rings. The summed E-state index contributed by atoms with van der Waals surface area (Å²) in [6.07, 6.45) is 0. The zero-order chi connectivity index (χ0) is 40.3. The Labute approximate surface area is 355 Å². The van der Waals surface area contributed by atoms with E-state index in [1.165, 1.54) is 49.7 Å². The lowest BCUT2D eigenvalue weighted by atomic mass is 9.67. The molecule has 61 heavy (non-hydrogen) atoms. The van der Waals surface area contributed by atoms with E-state index < -0.39 is 5.41 Å². The highest BCUT2D eigenvalue weighted by Gasteiger charge is 2.46. The molecule has 0 aliphatic heterocycles. The van der Waals surface area contributed by atoms with Crippen LogP contribution in [-0.2, 0) is 5.41 Å². The van der Waals surface area contributed by atoms with E-state index in [0.717, 1.165) is 55.7 Å². The van der Waals surface area contributed by atoms with Gasteiger partial charge in [0.25, 0.3) is 0 Å². The second kappa shape index (κ2) is 14.1. The fourth-order valence-corrected chi connectivity index (χ4v) is 10.00. The summed E-state index contributed by atoms with van der Waals surface area (Å²) in [5.74, 6) is 0. The van der Waals surface area contributed by atoms with E-state index in [1.54, 1.807) is 0 Å². The predicted molar refractivity (Wildman–Crippen MR) is 254 cm³/mol. The standard InChI is InChI=1S/C59H39NO/c1-3-19-45(20-4-1)59(46-21-5-2-6-22-46)54-27-12-9-25-50(54)51-34-33-48(39-55(51)59)60(47-23-15-18-42(37-47)43-31-30-40-16-7-8-17-41(40)36-43)56-28-13-10-24-49(56)44-32-35-58-53(38-44)52-26-11-14-29-57(52)61-58/h1-39H. The second-order valence-electron chi connectivity index (χ2n) is 16.0. The monoisotopic (exact) mass is 777 g/mol. The number of para-hydroxylation sites is 2. The molecule has 0 atom stereocenters. The SMILES string of the molecule is c1ccc(C2(c3ccccc3)c3ccccc3-c3ccc(N(c4cccc(-c5ccc6ccccc6c5)c4)c4ccccc4-c4ccc5oc6ccccc6c5c4)cc32)cc1. The van der Waals surface area contributed by atoms with Gasteiger partial charge >= 0.3 is 0 Å². The van der Waals surface area contributed by atoms with Crippen LogP contribution in [0.15, 0.2) is 241 Å². The van der Waals surface area contributed by atoms with Crippen LogP contribution in [0.25, 0.3) is 66.1 Å². The number of benzene rings is 10. The summed E-state index contributed by atoms with van der Waals surface area (Å²) in [4.78, 5) is 2.46. The Morgan fingerprint density at radius 2 is 0.951 bits per heavy atom. The molecule has 0 bridgehead atoms. The maximum absolute atomic E-state index is 6.29. The van der Waals surface area contributed by atoms with E-state index in [9.17, 15) is 0 Å². The summed E-state index contributed by atoms with van der Waals surface area (Å²) >= 11 is 0. The lowest BCUT2D eigenvalue weighted by molar-refractivity contribution is 0.669. The molecule has 286 valence electrons. The minimum atomic E-state index is -0.532. The van der Waals surface area contributed by atoms with Gasteiger partial charge < -0.3 is 9.32 Å². The van der Waals surface area contributed by atoms with Crippen molar-refractivity contribution < 1.29 is 4.42 Å². The van der Waals surface area contributed by atoms with Gasteiger partial charge in [-0.3, -0.25) is 0 Å². The van der Waals surface area contributed by atoms with Crippen molar-refractivity contribution in [2.75, 3.05) is 4.90 Å². The van der Waals surface area contributed by atoms with Crippen LogP contribution in [0.3, 0.4) is 0 Å². The van der Waals surface area contributed by atoms with E-state index in [4.69, 9.17) is 4.42 Å². The van der Waals surface area contributed by atoms with Crippen LogP contribution < -0.4 is 4.90 Å². The molecule has 1 aliphatic carbocycles. The smallest absolute Gasteiger partial charge is 0.135 e. The molecule has 1 heterocycles. The van der Waals surface area contributed by atoms with Crippen molar-refractivity contribution in [1.82, 2.24) is 0 Å². The summed E-state index contributed by atoms with van der Waals surface area (Å²) in [5.41, 5.74) is 16.7. The van der Waals surface area contributed by atoms with Crippen LogP contribution in [0, 0.1) is 0 Å². The van der Waals surface area contributed by atoms with Gasteiger partial charge in [-0.1, -0.05) is 182 Å². The van der Waals surface area contributed by atoms with Crippen molar-refractivity contribution in [3.05, 3.63) is 259 Å². The molecule has 1 aromatic heterocycles. The van der Waals surface area contributed by atoms with Crippen molar-refractivity contribution in [3.8, 4) is 33.4 Å². The number of fused-ring (bicyclic) bond motifs is 7.